The molecule has 0 aliphatic heterocycles. The molecule has 0 heterocycles. The van der Waals surface area contributed by atoms with Gasteiger partial charge in [0.15, 0.2) is 0 Å². The van der Waals surface area contributed by atoms with Crippen LogP contribution >= 0.6 is 15.9 Å². The molecule has 1 atom stereocenters. The summed E-state index contributed by atoms with van der Waals surface area (Å²) < 4.78 is 0. The number of carboxylic acid groups (broad SMARTS) is 1. The molecule has 0 aliphatic rings. The van der Waals surface area contributed by atoms with Crippen LogP contribution in [0, 0.1) is 0 Å². The predicted octanol–water partition coefficient (Wildman–Crippen LogP) is 3.59. The van der Waals surface area contributed by atoms with Gasteiger partial charge < -0.3 is 5.11 Å². The minimum absolute atomic E-state index is 0.185. The first-order valence-corrected chi connectivity index (χ1v) is 6.54. The molecular formula is C13H17BrO2. The molecular weight excluding hydrogens is 268 g/mol. The van der Waals surface area contributed by atoms with Crippen LogP contribution in [0.3, 0.4) is 0 Å². The molecule has 1 aromatic rings. The van der Waals surface area contributed by atoms with Gasteiger partial charge in [-0.05, 0) is 18.4 Å². The number of aliphatic carboxylic acids is 1. The van der Waals surface area contributed by atoms with Crippen LogP contribution in [0.5, 0.6) is 0 Å². The molecule has 0 saturated heterocycles. The third-order valence-corrected chi connectivity index (χ3v) is 3.44. The van der Waals surface area contributed by atoms with Crippen molar-refractivity contribution in [2.45, 2.75) is 31.6 Å². The summed E-state index contributed by atoms with van der Waals surface area (Å²) in [7, 11) is 0. The van der Waals surface area contributed by atoms with Crippen LogP contribution in [-0.2, 0) is 10.2 Å². The van der Waals surface area contributed by atoms with Crippen molar-refractivity contribution >= 4 is 21.9 Å². The minimum atomic E-state index is -0.735. The molecule has 1 unspecified atom stereocenters. The van der Waals surface area contributed by atoms with Gasteiger partial charge in [-0.1, -0.05) is 53.2 Å². The number of carboxylic acids is 1. The van der Waals surface area contributed by atoms with E-state index in [-0.39, 0.29) is 11.8 Å². The standard InChI is InChI=1S/C13H17BrO2/c1-13(8-5-9-14,10-12(15)16)11-6-3-2-4-7-11/h2-4,6-7H,5,8-10H2,1H3,(H,15,16). The van der Waals surface area contributed by atoms with E-state index in [1.54, 1.807) is 0 Å². The lowest BCUT2D eigenvalue weighted by atomic mass is 9.76. The summed E-state index contributed by atoms with van der Waals surface area (Å²) in [6.07, 6.45) is 2.05. The Labute approximate surface area is 105 Å². The van der Waals surface area contributed by atoms with Gasteiger partial charge in [-0.2, -0.15) is 0 Å². The van der Waals surface area contributed by atoms with Crippen LogP contribution in [0.25, 0.3) is 0 Å². The number of hydrogen-bond acceptors (Lipinski definition) is 1. The van der Waals surface area contributed by atoms with Gasteiger partial charge >= 0.3 is 5.97 Å². The van der Waals surface area contributed by atoms with Gasteiger partial charge in [0.1, 0.15) is 0 Å². The largest absolute Gasteiger partial charge is 0.481 e. The number of halogens is 1. The average molecular weight is 285 g/mol. The predicted molar refractivity (Wildman–Crippen MR) is 69.1 cm³/mol. The highest BCUT2D eigenvalue weighted by atomic mass is 79.9. The van der Waals surface area contributed by atoms with Crippen LogP contribution in [0.1, 0.15) is 31.7 Å². The monoisotopic (exact) mass is 284 g/mol. The van der Waals surface area contributed by atoms with Crippen molar-refractivity contribution < 1.29 is 9.90 Å². The van der Waals surface area contributed by atoms with Crippen LogP contribution in [0.4, 0.5) is 0 Å². The van der Waals surface area contributed by atoms with Crippen LogP contribution in [-0.4, -0.2) is 16.4 Å². The second kappa shape index (κ2) is 6.04. The van der Waals surface area contributed by atoms with E-state index < -0.39 is 5.97 Å². The molecule has 0 aliphatic carbocycles. The second-order valence-corrected chi connectivity index (χ2v) is 5.08. The molecule has 1 rings (SSSR count). The van der Waals surface area contributed by atoms with Crippen LogP contribution in [0.2, 0.25) is 0 Å². The zero-order valence-corrected chi connectivity index (χ0v) is 11.0. The lowest BCUT2D eigenvalue weighted by molar-refractivity contribution is -0.138. The third-order valence-electron chi connectivity index (χ3n) is 2.87. The summed E-state index contributed by atoms with van der Waals surface area (Å²) in [6, 6.07) is 9.90. The smallest absolute Gasteiger partial charge is 0.304 e. The van der Waals surface area contributed by atoms with E-state index in [0.717, 1.165) is 23.7 Å². The maximum Gasteiger partial charge on any atom is 0.304 e. The molecule has 3 heteroatoms. The molecule has 1 aromatic carbocycles. The maximum atomic E-state index is 10.9. The topological polar surface area (TPSA) is 37.3 Å². The van der Waals surface area contributed by atoms with E-state index in [0.29, 0.717) is 0 Å². The molecule has 0 spiro atoms. The van der Waals surface area contributed by atoms with Crippen molar-refractivity contribution in [2.75, 3.05) is 5.33 Å². The number of carbonyl (C=O) groups is 1. The summed E-state index contributed by atoms with van der Waals surface area (Å²) >= 11 is 3.39. The fourth-order valence-electron chi connectivity index (χ4n) is 1.97. The molecule has 2 nitrogen and oxygen atoms in total. The Bertz CT molecular complexity index is 337. The molecule has 0 bridgehead atoms. The van der Waals surface area contributed by atoms with Gasteiger partial charge in [0.05, 0.1) is 6.42 Å². The zero-order valence-electron chi connectivity index (χ0n) is 9.45. The maximum absolute atomic E-state index is 10.9. The number of alkyl halides is 1. The Morgan fingerprint density at radius 2 is 2.00 bits per heavy atom. The molecule has 0 fully saturated rings. The van der Waals surface area contributed by atoms with Gasteiger partial charge in [0.25, 0.3) is 0 Å². The zero-order chi connectivity index (χ0) is 12.0. The van der Waals surface area contributed by atoms with Crippen LogP contribution in [0.15, 0.2) is 30.3 Å². The van der Waals surface area contributed by atoms with Gasteiger partial charge in [-0.15, -0.1) is 0 Å². The fraction of sp³-hybridized carbons (Fsp3) is 0.462. The SMILES string of the molecule is CC(CCCBr)(CC(=O)O)c1ccccc1. The molecule has 0 aromatic heterocycles. The van der Waals surface area contributed by atoms with Crippen molar-refractivity contribution in [3.63, 3.8) is 0 Å². The Hall–Kier alpha value is -0.830. The molecule has 0 amide bonds. The van der Waals surface area contributed by atoms with E-state index in [1.807, 2.05) is 37.3 Å². The van der Waals surface area contributed by atoms with E-state index in [9.17, 15) is 4.79 Å². The quantitative estimate of drug-likeness (QED) is 0.811. The minimum Gasteiger partial charge on any atom is -0.481 e. The van der Waals surface area contributed by atoms with Gasteiger partial charge in [-0.3, -0.25) is 4.79 Å². The normalized spacial score (nSPS) is 14.4. The summed E-state index contributed by atoms with van der Waals surface area (Å²) in [4.78, 5) is 10.9. The molecule has 0 radical (unpaired) electrons. The van der Waals surface area contributed by atoms with Crippen molar-refractivity contribution in [3.8, 4) is 0 Å². The summed E-state index contributed by atoms with van der Waals surface area (Å²) in [5.41, 5.74) is 0.847. The second-order valence-electron chi connectivity index (χ2n) is 4.29. The van der Waals surface area contributed by atoms with Crippen molar-refractivity contribution in [1.29, 1.82) is 0 Å². The first-order valence-electron chi connectivity index (χ1n) is 5.42. The number of benzene rings is 1. The third kappa shape index (κ3) is 3.63. The summed E-state index contributed by atoms with van der Waals surface area (Å²) in [5.74, 6) is -0.735. The molecule has 1 N–H and O–H groups in total. The Balaban J connectivity index is 2.90. The highest BCUT2D eigenvalue weighted by molar-refractivity contribution is 9.09. The van der Waals surface area contributed by atoms with Gasteiger partial charge in [0, 0.05) is 10.7 Å². The van der Waals surface area contributed by atoms with Gasteiger partial charge in [-0.25, -0.2) is 0 Å². The highest BCUT2D eigenvalue weighted by Gasteiger charge is 2.28. The lowest BCUT2D eigenvalue weighted by Crippen LogP contribution is -2.25. The van der Waals surface area contributed by atoms with Crippen LogP contribution < -0.4 is 0 Å². The molecule has 88 valence electrons. The first kappa shape index (κ1) is 13.2. The van der Waals surface area contributed by atoms with Crippen molar-refractivity contribution in [1.82, 2.24) is 0 Å². The van der Waals surface area contributed by atoms with E-state index in [2.05, 4.69) is 15.9 Å². The Morgan fingerprint density at radius 3 is 2.50 bits per heavy atom. The Morgan fingerprint density at radius 1 is 1.38 bits per heavy atom. The average Bonchev–Trinajstić information content (AvgIpc) is 2.27. The van der Waals surface area contributed by atoms with E-state index in [1.165, 1.54) is 0 Å². The first-order chi connectivity index (χ1) is 7.58. The molecule has 0 saturated carbocycles. The number of rotatable bonds is 6. The van der Waals surface area contributed by atoms with E-state index >= 15 is 0 Å². The highest BCUT2D eigenvalue weighted by Crippen LogP contribution is 2.32. The molecule has 16 heavy (non-hydrogen) atoms. The number of hydrogen-bond donors (Lipinski definition) is 1. The van der Waals surface area contributed by atoms with Gasteiger partial charge in [0.2, 0.25) is 0 Å². The van der Waals surface area contributed by atoms with Crippen molar-refractivity contribution in [2.24, 2.45) is 0 Å². The fourth-order valence-corrected chi connectivity index (χ4v) is 2.25. The Kier molecular flexibility index (Phi) is 5.00. The lowest BCUT2D eigenvalue weighted by Gasteiger charge is -2.28. The van der Waals surface area contributed by atoms with E-state index in [4.69, 9.17) is 5.11 Å². The summed E-state index contributed by atoms with van der Waals surface area (Å²) in [6.45, 7) is 2.03. The summed E-state index contributed by atoms with van der Waals surface area (Å²) in [5, 5.41) is 9.91. The van der Waals surface area contributed by atoms with Crippen molar-refractivity contribution in [3.05, 3.63) is 35.9 Å².